The predicted octanol–water partition coefficient (Wildman–Crippen LogP) is 1.63. The van der Waals surface area contributed by atoms with Gasteiger partial charge in [-0.1, -0.05) is 6.07 Å². The van der Waals surface area contributed by atoms with E-state index in [4.69, 9.17) is 5.11 Å². The summed E-state index contributed by atoms with van der Waals surface area (Å²) in [6.07, 6.45) is 0.486. The van der Waals surface area contributed by atoms with Gasteiger partial charge < -0.3 is 10.4 Å². The molecule has 0 radical (unpaired) electrons. The van der Waals surface area contributed by atoms with Gasteiger partial charge in [0, 0.05) is 18.2 Å². The first kappa shape index (κ1) is 12.6. The quantitative estimate of drug-likeness (QED) is 0.818. The van der Waals surface area contributed by atoms with Gasteiger partial charge in [-0.2, -0.15) is 0 Å². The number of aliphatic hydroxyl groups excluding tert-OH is 1. The Hall–Kier alpha value is -1.42. The van der Waals surface area contributed by atoms with Crippen molar-refractivity contribution in [3.05, 3.63) is 35.1 Å². The standard InChI is InChI=1S/C12H16FNO2/c1-8-3-4-10(7-11(8)13)12(16)14-9(2)5-6-15/h3-4,7,9,15H,5-6H2,1-2H3,(H,14,16)/t9-/m1/s1. The Morgan fingerprint density at radius 1 is 1.56 bits per heavy atom. The molecule has 0 saturated heterocycles. The van der Waals surface area contributed by atoms with Crippen LogP contribution in [0.5, 0.6) is 0 Å². The van der Waals surface area contributed by atoms with Crippen molar-refractivity contribution >= 4 is 5.91 Å². The van der Waals surface area contributed by atoms with Crippen LogP contribution in [0.3, 0.4) is 0 Å². The molecule has 2 N–H and O–H groups in total. The number of hydrogen-bond acceptors (Lipinski definition) is 2. The van der Waals surface area contributed by atoms with Crippen molar-refractivity contribution in [2.75, 3.05) is 6.61 Å². The van der Waals surface area contributed by atoms with Crippen LogP contribution in [-0.2, 0) is 0 Å². The van der Waals surface area contributed by atoms with Crippen molar-refractivity contribution in [2.24, 2.45) is 0 Å². The lowest BCUT2D eigenvalue weighted by Crippen LogP contribution is -2.33. The molecule has 0 saturated carbocycles. The molecule has 0 heterocycles. The SMILES string of the molecule is Cc1ccc(C(=O)N[C@H](C)CCO)cc1F. The molecule has 1 rings (SSSR count). The maximum Gasteiger partial charge on any atom is 0.251 e. The first-order chi connectivity index (χ1) is 7.54. The Morgan fingerprint density at radius 2 is 2.25 bits per heavy atom. The minimum Gasteiger partial charge on any atom is -0.396 e. The van der Waals surface area contributed by atoms with E-state index in [1.165, 1.54) is 6.07 Å². The molecule has 0 aromatic heterocycles. The van der Waals surface area contributed by atoms with Crippen molar-refractivity contribution in [1.29, 1.82) is 0 Å². The van der Waals surface area contributed by atoms with Crippen LogP contribution in [0.4, 0.5) is 4.39 Å². The topological polar surface area (TPSA) is 49.3 Å². The number of halogens is 1. The lowest BCUT2D eigenvalue weighted by Gasteiger charge is -2.12. The maximum absolute atomic E-state index is 13.2. The van der Waals surface area contributed by atoms with Crippen LogP contribution in [0.1, 0.15) is 29.3 Å². The molecule has 88 valence electrons. The van der Waals surface area contributed by atoms with E-state index in [2.05, 4.69) is 5.32 Å². The lowest BCUT2D eigenvalue weighted by molar-refractivity contribution is 0.0934. The molecule has 0 fully saturated rings. The van der Waals surface area contributed by atoms with Gasteiger partial charge in [-0.3, -0.25) is 4.79 Å². The molecule has 16 heavy (non-hydrogen) atoms. The van der Waals surface area contributed by atoms with Gasteiger partial charge in [0.1, 0.15) is 5.82 Å². The van der Waals surface area contributed by atoms with Gasteiger partial charge in [0.15, 0.2) is 0 Å². The fraction of sp³-hybridized carbons (Fsp3) is 0.417. The second-order valence-electron chi connectivity index (χ2n) is 3.85. The van der Waals surface area contributed by atoms with Gasteiger partial charge in [0.2, 0.25) is 0 Å². The van der Waals surface area contributed by atoms with E-state index in [0.717, 1.165) is 0 Å². The van der Waals surface area contributed by atoms with E-state index < -0.39 is 0 Å². The minimum atomic E-state index is -0.387. The van der Waals surface area contributed by atoms with Crippen LogP contribution in [0.2, 0.25) is 0 Å². The highest BCUT2D eigenvalue weighted by Gasteiger charge is 2.10. The third-order valence-corrected chi connectivity index (χ3v) is 2.37. The number of benzene rings is 1. The van der Waals surface area contributed by atoms with Gasteiger partial charge >= 0.3 is 0 Å². The third-order valence-electron chi connectivity index (χ3n) is 2.37. The highest BCUT2D eigenvalue weighted by Crippen LogP contribution is 2.09. The highest BCUT2D eigenvalue weighted by atomic mass is 19.1. The summed E-state index contributed by atoms with van der Waals surface area (Å²) in [5, 5.41) is 11.4. The summed E-state index contributed by atoms with van der Waals surface area (Å²) < 4.78 is 13.2. The molecule has 0 aliphatic carbocycles. The Labute approximate surface area is 94.3 Å². The van der Waals surface area contributed by atoms with Crippen LogP contribution in [0.15, 0.2) is 18.2 Å². The number of carbonyl (C=O) groups excluding carboxylic acids is 1. The molecule has 0 unspecified atom stereocenters. The van der Waals surface area contributed by atoms with Gasteiger partial charge in [-0.15, -0.1) is 0 Å². The number of nitrogens with one attached hydrogen (secondary N) is 1. The molecule has 0 aliphatic rings. The zero-order valence-corrected chi connectivity index (χ0v) is 9.46. The molecule has 1 amide bonds. The maximum atomic E-state index is 13.2. The summed E-state index contributed by atoms with van der Waals surface area (Å²) in [6.45, 7) is 3.45. The van der Waals surface area contributed by atoms with Gasteiger partial charge in [0.05, 0.1) is 0 Å². The van der Waals surface area contributed by atoms with E-state index in [1.54, 1.807) is 26.0 Å². The summed E-state index contributed by atoms with van der Waals surface area (Å²) in [5.74, 6) is -0.706. The van der Waals surface area contributed by atoms with Crippen molar-refractivity contribution in [1.82, 2.24) is 5.32 Å². The zero-order valence-electron chi connectivity index (χ0n) is 9.46. The number of aliphatic hydroxyl groups is 1. The van der Waals surface area contributed by atoms with Gasteiger partial charge in [-0.25, -0.2) is 4.39 Å². The molecule has 1 atom stereocenters. The number of hydrogen-bond donors (Lipinski definition) is 2. The predicted molar refractivity (Wildman–Crippen MR) is 59.8 cm³/mol. The lowest BCUT2D eigenvalue weighted by atomic mass is 10.1. The zero-order chi connectivity index (χ0) is 12.1. The summed E-state index contributed by atoms with van der Waals surface area (Å²) in [7, 11) is 0. The first-order valence-corrected chi connectivity index (χ1v) is 5.22. The number of aryl methyl sites for hydroxylation is 1. The van der Waals surface area contributed by atoms with E-state index in [9.17, 15) is 9.18 Å². The van der Waals surface area contributed by atoms with Crippen molar-refractivity contribution in [2.45, 2.75) is 26.3 Å². The van der Waals surface area contributed by atoms with Crippen molar-refractivity contribution in [3.63, 3.8) is 0 Å². The van der Waals surface area contributed by atoms with Crippen LogP contribution in [-0.4, -0.2) is 23.7 Å². The monoisotopic (exact) mass is 225 g/mol. The smallest absolute Gasteiger partial charge is 0.251 e. The van der Waals surface area contributed by atoms with Crippen molar-refractivity contribution in [3.8, 4) is 0 Å². The van der Waals surface area contributed by atoms with Crippen LogP contribution in [0.25, 0.3) is 0 Å². The molecule has 1 aromatic rings. The van der Waals surface area contributed by atoms with Gasteiger partial charge in [-0.05, 0) is 38.0 Å². The molecule has 1 aromatic carbocycles. The molecule has 0 aliphatic heterocycles. The Morgan fingerprint density at radius 3 is 2.81 bits per heavy atom. The van der Waals surface area contributed by atoms with Crippen molar-refractivity contribution < 1.29 is 14.3 Å². The average molecular weight is 225 g/mol. The second-order valence-corrected chi connectivity index (χ2v) is 3.85. The fourth-order valence-electron chi connectivity index (χ4n) is 1.31. The average Bonchev–Trinajstić information content (AvgIpc) is 2.22. The van der Waals surface area contributed by atoms with E-state index >= 15 is 0 Å². The van der Waals surface area contributed by atoms with Gasteiger partial charge in [0.25, 0.3) is 5.91 Å². The number of rotatable bonds is 4. The largest absolute Gasteiger partial charge is 0.396 e. The molecular formula is C12H16FNO2. The van der Waals surface area contributed by atoms with Crippen LogP contribution in [0, 0.1) is 12.7 Å². The normalized spacial score (nSPS) is 12.2. The van der Waals surface area contributed by atoms with Crippen LogP contribution < -0.4 is 5.32 Å². The Bertz CT molecular complexity index is 379. The Balaban J connectivity index is 2.69. The minimum absolute atomic E-state index is 0.0176. The number of amides is 1. The van der Waals surface area contributed by atoms with E-state index in [0.29, 0.717) is 17.5 Å². The number of carbonyl (C=O) groups is 1. The van der Waals surface area contributed by atoms with Crippen LogP contribution >= 0.6 is 0 Å². The summed E-state index contributed by atoms with van der Waals surface area (Å²) in [4.78, 5) is 11.6. The Kier molecular flexibility index (Phi) is 4.43. The third kappa shape index (κ3) is 3.31. The second kappa shape index (κ2) is 5.61. The summed E-state index contributed by atoms with van der Waals surface area (Å²) >= 11 is 0. The van der Waals surface area contributed by atoms with E-state index in [1.807, 2.05) is 0 Å². The first-order valence-electron chi connectivity index (χ1n) is 5.22. The molecule has 0 bridgehead atoms. The molecule has 3 nitrogen and oxygen atoms in total. The fourth-order valence-corrected chi connectivity index (χ4v) is 1.31. The molecule has 0 spiro atoms. The van der Waals surface area contributed by atoms with E-state index in [-0.39, 0.29) is 24.4 Å². The summed E-state index contributed by atoms with van der Waals surface area (Å²) in [6, 6.07) is 4.25. The molecular weight excluding hydrogens is 209 g/mol. The summed E-state index contributed by atoms with van der Waals surface area (Å²) in [5.41, 5.74) is 0.813. The highest BCUT2D eigenvalue weighted by molar-refractivity contribution is 5.94. The molecule has 4 heteroatoms.